The quantitative estimate of drug-likeness (QED) is 0.411. The number of aromatic nitrogens is 4. The Kier molecular flexibility index (Phi) is 6.14. The molecule has 3 aromatic heterocycles. The molecule has 1 fully saturated rings. The van der Waals surface area contributed by atoms with Crippen LogP contribution in [0.2, 0.25) is 0 Å². The van der Waals surface area contributed by atoms with Crippen LogP contribution in [0.15, 0.2) is 61.2 Å². The number of carbonyl (C=O) groups excluding carboxylic acids is 1. The van der Waals surface area contributed by atoms with E-state index in [-0.39, 0.29) is 12.2 Å². The second kappa shape index (κ2) is 9.52. The van der Waals surface area contributed by atoms with Crippen LogP contribution in [-0.4, -0.2) is 71.0 Å². The number of Topliss-reactive ketones (excluding diaryl/α,β-unsaturated/α-hetero) is 1. The van der Waals surface area contributed by atoms with Crippen LogP contribution in [-0.2, 0) is 6.42 Å². The molecule has 0 aliphatic carbocycles. The van der Waals surface area contributed by atoms with Gasteiger partial charge in [0.1, 0.15) is 17.4 Å². The van der Waals surface area contributed by atoms with E-state index in [1.165, 1.54) is 0 Å². The van der Waals surface area contributed by atoms with Gasteiger partial charge in [-0.25, -0.2) is 15.0 Å². The lowest BCUT2D eigenvalue weighted by atomic mass is 10.1. The second-order valence-electron chi connectivity index (χ2n) is 8.47. The van der Waals surface area contributed by atoms with Crippen LogP contribution in [0.1, 0.15) is 16.2 Å². The number of pyridine rings is 2. The summed E-state index contributed by atoms with van der Waals surface area (Å²) >= 11 is 0. The van der Waals surface area contributed by atoms with Gasteiger partial charge in [0.2, 0.25) is 0 Å². The van der Waals surface area contributed by atoms with E-state index in [2.05, 4.69) is 36.8 Å². The molecule has 0 amide bonds. The molecule has 4 heterocycles. The zero-order valence-electron chi connectivity index (χ0n) is 19.3. The van der Waals surface area contributed by atoms with Crippen LogP contribution in [0, 0.1) is 0 Å². The first kappa shape index (κ1) is 21.9. The molecule has 8 heteroatoms. The van der Waals surface area contributed by atoms with Crippen molar-refractivity contribution >= 4 is 22.5 Å². The summed E-state index contributed by atoms with van der Waals surface area (Å²) in [7, 11) is 3.74. The highest BCUT2D eigenvalue weighted by Gasteiger charge is 2.17. The van der Waals surface area contributed by atoms with Gasteiger partial charge >= 0.3 is 0 Å². The first-order chi connectivity index (χ1) is 16.6. The number of rotatable bonds is 6. The summed E-state index contributed by atoms with van der Waals surface area (Å²) in [5, 5.41) is 0.914. The first-order valence-corrected chi connectivity index (χ1v) is 11.3. The van der Waals surface area contributed by atoms with Gasteiger partial charge in [-0.05, 0) is 36.9 Å². The number of ketones is 1. The number of hydrogen-bond acceptors (Lipinski definition) is 8. The second-order valence-corrected chi connectivity index (χ2v) is 8.47. The van der Waals surface area contributed by atoms with Crippen LogP contribution in [0.3, 0.4) is 0 Å². The molecule has 0 spiro atoms. The van der Waals surface area contributed by atoms with Gasteiger partial charge in [0.05, 0.1) is 25.2 Å². The molecule has 5 rings (SSSR count). The monoisotopic (exact) mass is 454 g/mol. The highest BCUT2D eigenvalue weighted by atomic mass is 16.5. The maximum absolute atomic E-state index is 13.0. The van der Waals surface area contributed by atoms with Crippen molar-refractivity contribution in [1.29, 1.82) is 0 Å². The SMILES string of the molecule is COc1cncc(-c2ccc3cnc(CC(=O)c4ccnc(N5CCN(C)CC5)c4)nc3c2)c1. The van der Waals surface area contributed by atoms with Crippen LogP contribution >= 0.6 is 0 Å². The highest BCUT2D eigenvalue weighted by molar-refractivity contribution is 5.98. The number of nitrogens with zero attached hydrogens (tertiary/aromatic N) is 6. The summed E-state index contributed by atoms with van der Waals surface area (Å²) in [5.74, 6) is 2.01. The smallest absolute Gasteiger partial charge is 0.170 e. The predicted octanol–water partition coefficient (Wildman–Crippen LogP) is 3.27. The fourth-order valence-electron chi connectivity index (χ4n) is 4.06. The molecule has 1 aliphatic heterocycles. The van der Waals surface area contributed by atoms with E-state index in [0.29, 0.717) is 17.1 Å². The Labute approximate surface area is 198 Å². The lowest BCUT2D eigenvalue weighted by Gasteiger charge is -2.33. The fourth-order valence-corrected chi connectivity index (χ4v) is 4.06. The topological polar surface area (TPSA) is 84.3 Å². The largest absolute Gasteiger partial charge is 0.495 e. The molecule has 34 heavy (non-hydrogen) atoms. The van der Waals surface area contributed by atoms with Crippen molar-refractivity contribution in [3.05, 3.63) is 72.6 Å². The summed E-state index contributed by atoms with van der Waals surface area (Å²) in [6, 6.07) is 11.5. The van der Waals surface area contributed by atoms with Gasteiger partial charge in [-0.15, -0.1) is 0 Å². The van der Waals surface area contributed by atoms with E-state index in [0.717, 1.165) is 54.0 Å². The molecule has 0 saturated carbocycles. The molecule has 172 valence electrons. The third-order valence-corrected chi connectivity index (χ3v) is 6.13. The molecule has 1 aromatic carbocycles. The normalized spacial score (nSPS) is 14.4. The summed E-state index contributed by atoms with van der Waals surface area (Å²) in [4.78, 5) is 35.4. The Hall–Kier alpha value is -3.91. The average Bonchev–Trinajstić information content (AvgIpc) is 2.89. The number of likely N-dealkylation sites (N-methyl/N-ethyl adjacent to an activating group) is 1. The van der Waals surface area contributed by atoms with E-state index >= 15 is 0 Å². The van der Waals surface area contributed by atoms with Crippen LogP contribution in [0.4, 0.5) is 5.82 Å². The van der Waals surface area contributed by atoms with Crippen molar-refractivity contribution in [2.75, 3.05) is 45.2 Å². The molecule has 8 nitrogen and oxygen atoms in total. The van der Waals surface area contributed by atoms with E-state index in [9.17, 15) is 4.79 Å². The average molecular weight is 455 g/mol. The molecule has 4 aromatic rings. The standard InChI is InChI=1S/C26H26N6O2/c1-31-7-9-32(10-8-31)26-13-19(5-6-28-26)24(33)14-25-29-16-20-4-3-18(12-23(20)30-25)21-11-22(34-2)17-27-15-21/h3-6,11-13,15-17H,7-10,14H2,1-2H3. The lowest BCUT2D eigenvalue weighted by Crippen LogP contribution is -2.44. The van der Waals surface area contributed by atoms with Crippen molar-refractivity contribution < 1.29 is 9.53 Å². The molecule has 0 atom stereocenters. The Morgan fingerprint density at radius 3 is 2.65 bits per heavy atom. The van der Waals surface area contributed by atoms with Gasteiger partial charge in [0, 0.05) is 61.3 Å². The molecule has 0 unspecified atom stereocenters. The number of ether oxygens (including phenoxy) is 1. The van der Waals surface area contributed by atoms with Crippen molar-refractivity contribution in [3.8, 4) is 16.9 Å². The summed E-state index contributed by atoms with van der Waals surface area (Å²) in [6.07, 6.45) is 7.06. The van der Waals surface area contributed by atoms with Crippen LogP contribution in [0.25, 0.3) is 22.0 Å². The Morgan fingerprint density at radius 1 is 0.971 bits per heavy atom. The minimum atomic E-state index is -0.0229. The summed E-state index contributed by atoms with van der Waals surface area (Å²) in [5.41, 5.74) is 3.32. The summed E-state index contributed by atoms with van der Waals surface area (Å²) in [6.45, 7) is 3.78. The van der Waals surface area contributed by atoms with Crippen molar-refractivity contribution in [2.45, 2.75) is 6.42 Å². The van der Waals surface area contributed by atoms with Gasteiger partial charge in [-0.1, -0.05) is 12.1 Å². The van der Waals surface area contributed by atoms with E-state index in [1.807, 2.05) is 30.3 Å². The third-order valence-electron chi connectivity index (χ3n) is 6.13. The van der Waals surface area contributed by atoms with Crippen LogP contribution < -0.4 is 9.64 Å². The Bertz CT molecular complexity index is 1330. The van der Waals surface area contributed by atoms with E-state index in [1.54, 1.807) is 38.0 Å². The highest BCUT2D eigenvalue weighted by Crippen LogP contribution is 2.25. The molecule has 1 saturated heterocycles. The van der Waals surface area contributed by atoms with Gasteiger partial charge in [0.15, 0.2) is 5.78 Å². The Morgan fingerprint density at radius 2 is 1.82 bits per heavy atom. The van der Waals surface area contributed by atoms with Crippen molar-refractivity contribution in [2.24, 2.45) is 0 Å². The Balaban J connectivity index is 1.36. The maximum atomic E-state index is 13.0. The molecular weight excluding hydrogens is 428 g/mol. The zero-order chi connectivity index (χ0) is 23.5. The predicted molar refractivity (Wildman–Crippen MR) is 131 cm³/mol. The minimum Gasteiger partial charge on any atom is -0.495 e. The molecule has 0 N–H and O–H groups in total. The van der Waals surface area contributed by atoms with Gasteiger partial charge < -0.3 is 14.5 Å². The molecular formula is C26H26N6O2. The zero-order valence-corrected chi connectivity index (χ0v) is 19.3. The number of fused-ring (bicyclic) bond motifs is 1. The molecule has 1 aliphatic rings. The third kappa shape index (κ3) is 4.72. The lowest BCUT2D eigenvalue weighted by molar-refractivity contribution is 0.0991. The van der Waals surface area contributed by atoms with Crippen LogP contribution in [0.5, 0.6) is 5.75 Å². The minimum absolute atomic E-state index is 0.0229. The van der Waals surface area contributed by atoms with Gasteiger partial charge in [-0.2, -0.15) is 0 Å². The number of carbonyl (C=O) groups is 1. The first-order valence-electron chi connectivity index (χ1n) is 11.3. The molecule has 0 bridgehead atoms. The number of hydrogen-bond donors (Lipinski definition) is 0. The van der Waals surface area contributed by atoms with E-state index in [4.69, 9.17) is 4.74 Å². The number of methoxy groups -OCH3 is 1. The molecule has 0 radical (unpaired) electrons. The number of piperazine rings is 1. The van der Waals surface area contributed by atoms with Crippen molar-refractivity contribution in [1.82, 2.24) is 24.8 Å². The fraction of sp³-hybridized carbons (Fsp3) is 0.269. The van der Waals surface area contributed by atoms with Gasteiger partial charge in [-0.3, -0.25) is 9.78 Å². The van der Waals surface area contributed by atoms with E-state index < -0.39 is 0 Å². The van der Waals surface area contributed by atoms with Crippen molar-refractivity contribution in [3.63, 3.8) is 0 Å². The maximum Gasteiger partial charge on any atom is 0.170 e. The number of anilines is 1. The van der Waals surface area contributed by atoms with Gasteiger partial charge in [0.25, 0.3) is 0 Å². The summed E-state index contributed by atoms with van der Waals surface area (Å²) < 4.78 is 5.29. The number of benzene rings is 1.